The molecule has 0 unspecified atom stereocenters. The summed E-state index contributed by atoms with van der Waals surface area (Å²) in [5, 5.41) is 7.71. The number of benzene rings is 1. The third-order valence-electron chi connectivity index (χ3n) is 1.84. The lowest BCUT2D eigenvalue weighted by molar-refractivity contribution is 1.02. The maximum atomic E-state index is 5.88. The summed E-state index contributed by atoms with van der Waals surface area (Å²) >= 11 is 17.3. The third kappa shape index (κ3) is 2.25. The molecule has 0 saturated heterocycles. The van der Waals surface area contributed by atoms with Gasteiger partial charge in [-0.15, -0.1) is 11.6 Å². The molecule has 0 spiro atoms. The van der Waals surface area contributed by atoms with Crippen LogP contribution in [0.3, 0.4) is 0 Å². The van der Waals surface area contributed by atoms with Gasteiger partial charge in [-0.1, -0.05) is 23.2 Å². The van der Waals surface area contributed by atoms with E-state index in [4.69, 9.17) is 34.8 Å². The highest BCUT2D eigenvalue weighted by Gasteiger charge is 2.07. The van der Waals surface area contributed by atoms with Crippen LogP contribution >= 0.6 is 34.8 Å². The monoisotopic (exact) mass is 261 g/mol. The molecule has 15 heavy (non-hydrogen) atoms. The smallest absolute Gasteiger partial charge is 0.181 e. The second kappa shape index (κ2) is 4.39. The highest BCUT2D eigenvalue weighted by atomic mass is 35.5. The Morgan fingerprint density at radius 2 is 2.00 bits per heavy atom. The molecular weight excluding hydrogens is 256 g/mol. The van der Waals surface area contributed by atoms with Crippen LogP contribution in [0.1, 0.15) is 5.82 Å². The van der Waals surface area contributed by atoms with E-state index >= 15 is 0 Å². The average Bonchev–Trinajstić information content (AvgIpc) is 2.70. The molecule has 0 fully saturated rings. The Hall–Kier alpha value is -0.770. The van der Waals surface area contributed by atoms with Crippen LogP contribution < -0.4 is 0 Å². The van der Waals surface area contributed by atoms with E-state index in [0.29, 0.717) is 27.6 Å². The van der Waals surface area contributed by atoms with Gasteiger partial charge in [-0.25, -0.2) is 4.98 Å². The third-order valence-corrected chi connectivity index (χ3v) is 2.83. The molecule has 0 bridgehead atoms. The fourth-order valence-corrected chi connectivity index (χ4v) is 1.54. The van der Waals surface area contributed by atoms with Crippen molar-refractivity contribution in [1.82, 2.24) is 15.2 Å². The van der Waals surface area contributed by atoms with Gasteiger partial charge in [0, 0.05) is 5.56 Å². The topological polar surface area (TPSA) is 41.6 Å². The van der Waals surface area contributed by atoms with E-state index in [1.807, 2.05) is 0 Å². The molecule has 0 aliphatic rings. The molecule has 78 valence electrons. The second-order valence-electron chi connectivity index (χ2n) is 2.87. The van der Waals surface area contributed by atoms with E-state index in [1.165, 1.54) is 0 Å². The summed E-state index contributed by atoms with van der Waals surface area (Å²) in [5.41, 5.74) is 0.803. The van der Waals surface area contributed by atoms with Gasteiger partial charge < -0.3 is 0 Å². The predicted molar refractivity (Wildman–Crippen MR) is 61.4 cm³/mol. The molecule has 0 amide bonds. The van der Waals surface area contributed by atoms with Crippen molar-refractivity contribution in [3.05, 3.63) is 34.1 Å². The molecule has 0 atom stereocenters. The fraction of sp³-hybridized carbons (Fsp3) is 0.111. The predicted octanol–water partition coefficient (Wildman–Crippen LogP) is 3.52. The van der Waals surface area contributed by atoms with E-state index in [1.54, 1.807) is 18.2 Å². The Kier molecular flexibility index (Phi) is 3.14. The lowest BCUT2D eigenvalue weighted by Gasteiger charge is -1.97. The minimum atomic E-state index is 0.300. The van der Waals surface area contributed by atoms with Gasteiger partial charge in [0.15, 0.2) is 5.82 Å². The maximum absolute atomic E-state index is 5.88. The van der Waals surface area contributed by atoms with Gasteiger partial charge in [0.1, 0.15) is 5.82 Å². The lowest BCUT2D eigenvalue weighted by Crippen LogP contribution is -1.82. The zero-order valence-corrected chi connectivity index (χ0v) is 9.74. The first-order valence-electron chi connectivity index (χ1n) is 4.13. The minimum absolute atomic E-state index is 0.300. The van der Waals surface area contributed by atoms with Gasteiger partial charge in [0.25, 0.3) is 0 Å². The van der Waals surface area contributed by atoms with Crippen LogP contribution in [-0.2, 0) is 5.88 Å². The number of halogens is 3. The van der Waals surface area contributed by atoms with Gasteiger partial charge in [-0.3, -0.25) is 5.10 Å². The first kappa shape index (κ1) is 10.7. The first-order chi connectivity index (χ1) is 7.20. The SMILES string of the molecule is ClCc1nc(-c2ccc(Cl)c(Cl)c2)n[nH]1. The van der Waals surface area contributed by atoms with E-state index < -0.39 is 0 Å². The van der Waals surface area contributed by atoms with Crippen LogP contribution in [0.25, 0.3) is 11.4 Å². The number of aromatic nitrogens is 3. The maximum Gasteiger partial charge on any atom is 0.181 e. The van der Waals surface area contributed by atoms with Crippen LogP contribution in [0.2, 0.25) is 10.0 Å². The van der Waals surface area contributed by atoms with Crippen molar-refractivity contribution in [2.24, 2.45) is 0 Å². The Bertz CT molecular complexity index is 481. The molecule has 1 aromatic carbocycles. The second-order valence-corrected chi connectivity index (χ2v) is 3.95. The van der Waals surface area contributed by atoms with E-state index in [9.17, 15) is 0 Å². The van der Waals surface area contributed by atoms with E-state index in [0.717, 1.165) is 5.56 Å². The zero-order chi connectivity index (χ0) is 10.8. The number of nitrogens with zero attached hydrogens (tertiary/aromatic N) is 2. The normalized spacial score (nSPS) is 10.6. The number of alkyl halides is 1. The molecule has 1 N–H and O–H groups in total. The van der Waals surface area contributed by atoms with Crippen molar-refractivity contribution in [3.63, 3.8) is 0 Å². The average molecular weight is 263 g/mol. The first-order valence-corrected chi connectivity index (χ1v) is 5.42. The quantitative estimate of drug-likeness (QED) is 0.841. The molecule has 3 nitrogen and oxygen atoms in total. The molecule has 2 aromatic rings. The number of rotatable bonds is 2. The standard InChI is InChI=1S/C9H6Cl3N3/c10-4-8-13-9(15-14-8)5-1-2-6(11)7(12)3-5/h1-3H,4H2,(H,13,14,15). The summed E-state index contributed by atoms with van der Waals surface area (Å²) in [6, 6.07) is 5.22. The van der Waals surface area contributed by atoms with Gasteiger partial charge in [0.05, 0.1) is 15.9 Å². The van der Waals surface area contributed by atoms with Gasteiger partial charge in [0.2, 0.25) is 0 Å². The summed E-state index contributed by atoms with van der Waals surface area (Å²) in [5.74, 6) is 1.48. The van der Waals surface area contributed by atoms with Crippen LogP contribution in [0.4, 0.5) is 0 Å². The lowest BCUT2D eigenvalue weighted by atomic mass is 10.2. The van der Waals surface area contributed by atoms with Crippen molar-refractivity contribution in [1.29, 1.82) is 0 Å². The van der Waals surface area contributed by atoms with E-state index in [2.05, 4.69) is 15.2 Å². The Labute approximate surface area is 101 Å². The molecule has 0 radical (unpaired) electrons. The van der Waals surface area contributed by atoms with Crippen molar-refractivity contribution in [2.75, 3.05) is 0 Å². The minimum Gasteiger partial charge on any atom is -0.262 e. The number of aromatic amines is 1. The van der Waals surface area contributed by atoms with Crippen LogP contribution in [-0.4, -0.2) is 15.2 Å². The van der Waals surface area contributed by atoms with Gasteiger partial charge in [-0.2, -0.15) is 5.10 Å². The van der Waals surface area contributed by atoms with Gasteiger partial charge in [-0.05, 0) is 18.2 Å². The molecule has 0 aliphatic heterocycles. The molecule has 6 heteroatoms. The number of hydrogen-bond acceptors (Lipinski definition) is 2. The van der Waals surface area contributed by atoms with Crippen LogP contribution in [0.15, 0.2) is 18.2 Å². The molecular formula is C9H6Cl3N3. The van der Waals surface area contributed by atoms with Crippen molar-refractivity contribution in [3.8, 4) is 11.4 Å². The summed E-state index contributed by atoms with van der Waals surface area (Å²) in [4.78, 5) is 4.17. The summed E-state index contributed by atoms with van der Waals surface area (Å²) in [6.07, 6.45) is 0. The number of hydrogen-bond donors (Lipinski definition) is 1. The van der Waals surface area contributed by atoms with Crippen LogP contribution in [0, 0.1) is 0 Å². The molecule has 1 heterocycles. The molecule has 0 saturated carbocycles. The Morgan fingerprint density at radius 1 is 1.20 bits per heavy atom. The summed E-state index contributed by atoms with van der Waals surface area (Å²) in [6.45, 7) is 0. The van der Waals surface area contributed by atoms with Crippen molar-refractivity contribution < 1.29 is 0 Å². The molecule has 0 aliphatic carbocycles. The van der Waals surface area contributed by atoms with Crippen molar-refractivity contribution >= 4 is 34.8 Å². The highest BCUT2D eigenvalue weighted by Crippen LogP contribution is 2.26. The van der Waals surface area contributed by atoms with E-state index in [-0.39, 0.29) is 0 Å². The van der Waals surface area contributed by atoms with Crippen LogP contribution in [0.5, 0.6) is 0 Å². The summed E-state index contributed by atoms with van der Waals surface area (Å²) < 4.78 is 0. The largest absolute Gasteiger partial charge is 0.262 e. The zero-order valence-electron chi connectivity index (χ0n) is 7.47. The highest BCUT2D eigenvalue weighted by molar-refractivity contribution is 6.42. The molecule has 1 aromatic heterocycles. The Balaban J connectivity index is 2.40. The molecule has 2 rings (SSSR count). The summed E-state index contributed by atoms with van der Waals surface area (Å²) in [7, 11) is 0. The fourth-order valence-electron chi connectivity index (χ4n) is 1.12. The Morgan fingerprint density at radius 3 is 2.60 bits per heavy atom. The number of nitrogens with one attached hydrogen (secondary N) is 1. The van der Waals surface area contributed by atoms with Gasteiger partial charge >= 0.3 is 0 Å². The van der Waals surface area contributed by atoms with Crippen molar-refractivity contribution in [2.45, 2.75) is 5.88 Å². The number of H-pyrrole nitrogens is 1.